The molecular formula is C14H13BrN2O3S. The summed E-state index contributed by atoms with van der Waals surface area (Å²) in [6, 6.07) is 13.0. The molecule has 1 amide bonds. The minimum Gasteiger partial charge on any atom is -0.273 e. The summed E-state index contributed by atoms with van der Waals surface area (Å²) >= 11 is 3.23. The van der Waals surface area contributed by atoms with E-state index in [0.717, 1.165) is 5.56 Å². The Morgan fingerprint density at radius 2 is 1.67 bits per heavy atom. The van der Waals surface area contributed by atoms with Crippen molar-refractivity contribution in [2.75, 3.05) is 0 Å². The molecule has 2 rings (SSSR count). The van der Waals surface area contributed by atoms with Gasteiger partial charge in [0.2, 0.25) is 0 Å². The van der Waals surface area contributed by atoms with Crippen LogP contribution in [-0.2, 0) is 10.0 Å². The van der Waals surface area contributed by atoms with Crippen LogP contribution in [0.15, 0.2) is 57.9 Å². The van der Waals surface area contributed by atoms with Crippen LogP contribution in [-0.4, -0.2) is 14.3 Å². The first-order chi connectivity index (χ1) is 9.90. The van der Waals surface area contributed by atoms with Crippen molar-refractivity contribution >= 4 is 31.9 Å². The maximum absolute atomic E-state index is 12.0. The number of amides is 1. The molecule has 0 atom stereocenters. The van der Waals surface area contributed by atoms with Crippen LogP contribution in [0.1, 0.15) is 15.9 Å². The third-order valence-electron chi connectivity index (χ3n) is 2.75. The maximum Gasteiger partial charge on any atom is 0.267 e. The Morgan fingerprint density at radius 1 is 1.05 bits per heavy atom. The smallest absolute Gasteiger partial charge is 0.267 e. The first-order valence-corrected chi connectivity index (χ1v) is 8.31. The summed E-state index contributed by atoms with van der Waals surface area (Å²) in [6.45, 7) is 1.86. The van der Waals surface area contributed by atoms with Crippen LogP contribution in [0.2, 0.25) is 0 Å². The van der Waals surface area contributed by atoms with Crippen LogP contribution in [0, 0.1) is 6.92 Å². The Labute approximate surface area is 131 Å². The van der Waals surface area contributed by atoms with E-state index in [9.17, 15) is 13.2 Å². The molecule has 0 aliphatic carbocycles. The fourth-order valence-electron chi connectivity index (χ4n) is 1.60. The van der Waals surface area contributed by atoms with E-state index < -0.39 is 15.9 Å². The fourth-order valence-corrected chi connectivity index (χ4v) is 2.91. The summed E-state index contributed by atoms with van der Waals surface area (Å²) in [5, 5.41) is 0. The topological polar surface area (TPSA) is 75.3 Å². The average molecular weight is 369 g/mol. The Balaban J connectivity index is 2.10. The van der Waals surface area contributed by atoms with Crippen LogP contribution in [0.4, 0.5) is 0 Å². The molecule has 110 valence electrons. The monoisotopic (exact) mass is 368 g/mol. The second-order valence-electron chi connectivity index (χ2n) is 4.35. The molecule has 21 heavy (non-hydrogen) atoms. The summed E-state index contributed by atoms with van der Waals surface area (Å²) in [4.78, 5) is 14.1. The Morgan fingerprint density at radius 3 is 2.29 bits per heavy atom. The average Bonchev–Trinajstić information content (AvgIpc) is 2.46. The van der Waals surface area contributed by atoms with E-state index in [1.54, 1.807) is 36.4 Å². The lowest BCUT2D eigenvalue weighted by Crippen LogP contribution is -2.41. The van der Waals surface area contributed by atoms with Crippen LogP contribution < -0.4 is 10.3 Å². The predicted molar refractivity (Wildman–Crippen MR) is 83.1 cm³/mol. The number of hydrogen-bond acceptors (Lipinski definition) is 3. The van der Waals surface area contributed by atoms with Gasteiger partial charge >= 0.3 is 0 Å². The molecule has 7 heteroatoms. The van der Waals surface area contributed by atoms with Gasteiger partial charge in [0.25, 0.3) is 15.9 Å². The van der Waals surface area contributed by atoms with Crippen LogP contribution in [0.25, 0.3) is 0 Å². The molecule has 0 heterocycles. The maximum atomic E-state index is 12.0. The molecule has 0 fully saturated rings. The van der Waals surface area contributed by atoms with Gasteiger partial charge in [0.1, 0.15) is 0 Å². The molecule has 0 aliphatic heterocycles. The van der Waals surface area contributed by atoms with Gasteiger partial charge in [0.15, 0.2) is 0 Å². The van der Waals surface area contributed by atoms with Gasteiger partial charge in [0.05, 0.1) is 10.5 Å². The highest BCUT2D eigenvalue weighted by atomic mass is 79.9. The highest BCUT2D eigenvalue weighted by molar-refractivity contribution is 9.10. The zero-order chi connectivity index (χ0) is 15.5. The van der Waals surface area contributed by atoms with E-state index in [2.05, 4.69) is 26.2 Å². The third-order valence-corrected chi connectivity index (χ3v) is 4.70. The molecule has 0 spiro atoms. The molecule has 2 aromatic rings. The number of carbonyl (C=O) groups is 1. The number of sulfonamides is 1. The summed E-state index contributed by atoms with van der Waals surface area (Å²) in [5.41, 5.74) is 3.47. The number of carbonyl (C=O) groups excluding carboxylic acids is 1. The quantitative estimate of drug-likeness (QED) is 0.813. The van der Waals surface area contributed by atoms with E-state index in [1.807, 2.05) is 6.92 Å². The third kappa shape index (κ3) is 3.90. The van der Waals surface area contributed by atoms with Crippen LogP contribution in [0.5, 0.6) is 0 Å². The summed E-state index contributed by atoms with van der Waals surface area (Å²) in [5.74, 6) is -0.543. The van der Waals surface area contributed by atoms with E-state index in [-0.39, 0.29) is 4.90 Å². The van der Waals surface area contributed by atoms with Gasteiger partial charge in [-0.05, 0) is 47.1 Å². The SMILES string of the molecule is Cc1ccc(S(=O)(=O)NNC(=O)c2ccccc2Br)cc1. The zero-order valence-corrected chi connectivity index (χ0v) is 13.5. The van der Waals surface area contributed by atoms with Gasteiger partial charge in [-0.1, -0.05) is 29.8 Å². The van der Waals surface area contributed by atoms with Crippen molar-refractivity contribution in [3.63, 3.8) is 0 Å². The molecule has 0 saturated heterocycles. The lowest BCUT2D eigenvalue weighted by molar-refractivity contribution is 0.0944. The zero-order valence-electron chi connectivity index (χ0n) is 11.1. The van der Waals surface area contributed by atoms with Crippen molar-refractivity contribution in [1.82, 2.24) is 10.3 Å². The molecule has 2 N–H and O–H groups in total. The lowest BCUT2D eigenvalue weighted by Gasteiger charge is -2.09. The largest absolute Gasteiger partial charge is 0.273 e. The normalized spacial score (nSPS) is 11.1. The molecule has 0 aromatic heterocycles. The van der Waals surface area contributed by atoms with E-state index in [1.165, 1.54) is 12.1 Å². The van der Waals surface area contributed by atoms with E-state index >= 15 is 0 Å². The van der Waals surface area contributed by atoms with Crippen LogP contribution >= 0.6 is 15.9 Å². The summed E-state index contributed by atoms with van der Waals surface area (Å²) in [6.07, 6.45) is 0. The molecule has 5 nitrogen and oxygen atoms in total. The van der Waals surface area contributed by atoms with Crippen molar-refractivity contribution in [3.8, 4) is 0 Å². The highest BCUT2D eigenvalue weighted by Crippen LogP contribution is 2.15. The number of hydrogen-bond donors (Lipinski definition) is 2. The Kier molecular flexibility index (Phi) is 4.76. The van der Waals surface area contributed by atoms with Crippen molar-refractivity contribution in [3.05, 3.63) is 64.1 Å². The number of benzene rings is 2. The second kappa shape index (κ2) is 6.38. The first-order valence-electron chi connectivity index (χ1n) is 6.03. The Hall–Kier alpha value is -1.70. The standard InChI is InChI=1S/C14H13BrN2O3S/c1-10-6-8-11(9-7-10)21(19,20)17-16-14(18)12-4-2-3-5-13(12)15/h2-9,17H,1H3,(H,16,18). The summed E-state index contributed by atoms with van der Waals surface area (Å²) in [7, 11) is -3.79. The minimum absolute atomic E-state index is 0.0838. The van der Waals surface area contributed by atoms with Gasteiger partial charge in [-0.2, -0.15) is 0 Å². The number of rotatable bonds is 4. The molecule has 0 bridgehead atoms. The minimum atomic E-state index is -3.79. The van der Waals surface area contributed by atoms with Crippen molar-refractivity contribution in [2.45, 2.75) is 11.8 Å². The van der Waals surface area contributed by atoms with Gasteiger partial charge in [-0.3, -0.25) is 10.2 Å². The van der Waals surface area contributed by atoms with Gasteiger partial charge < -0.3 is 0 Å². The number of nitrogens with one attached hydrogen (secondary N) is 2. The van der Waals surface area contributed by atoms with Crippen LogP contribution in [0.3, 0.4) is 0 Å². The predicted octanol–water partition coefficient (Wildman–Crippen LogP) is 2.38. The molecule has 0 unspecified atom stereocenters. The van der Waals surface area contributed by atoms with Crippen molar-refractivity contribution in [2.24, 2.45) is 0 Å². The lowest BCUT2D eigenvalue weighted by atomic mass is 10.2. The number of halogens is 1. The molecular weight excluding hydrogens is 356 g/mol. The fraction of sp³-hybridized carbons (Fsp3) is 0.0714. The molecule has 0 radical (unpaired) electrons. The molecule has 2 aromatic carbocycles. The van der Waals surface area contributed by atoms with E-state index in [0.29, 0.717) is 10.0 Å². The molecule has 0 aliphatic rings. The van der Waals surface area contributed by atoms with Crippen molar-refractivity contribution < 1.29 is 13.2 Å². The van der Waals surface area contributed by atoms with E-state index in [4.69, 9.17) is 0 Å². The Bertz CT molecular complexity index is 758. The number of aryl methyl sites for hydroxylation is 1. The second-order valence-corrected chi connectivity index (χ2v) is 6.89. The van der Waals surface area contributed by atoms with Gasteiger partial charge in [0, 0.05) is 4.47 Å². The summed E-state index contributed by atoms with van der Waals surface area (Å²) < 4.78 is 24.6. The van der Waals surface area contributed by atoms with Gasteiger partial charge in [-0.15, -0.1) is 4.83 Å². The number of hydrazine groups is 1. The molecule has 0 saturated carbocycles. The van der Waals surface area contributed by atoms with Crippen molar-refractivity contribution in [1.29, 1.82) is 0 Å². The first kappa shape index (κ1) is 15.7. The van der Waals surface area contributed by atoms with Gasteiger partial charge in [-0.25, -0.2) is 8.42 Å². The highest BCUT2D eigenvalue weighted by Gasteiger charge is 2.16.